The number of methoxy groups -OCH3 is 1. The van der Waals surface area contributed by atoms with Crippen molar-refractivity contribution in [3.05, 3.63) is 63.3 Å². The number of imide groups is 1. The second kappa shape index (κ2) is 8.76. The first-order valence-corrected chi connectivity index (χ1v) is 9.68. The Balaban J connectivity index is 1.89. The normalized spacial score (nSPS) is 15.2. The lowest BCUT2D eigenvalue weighted by molar-refractivity contribution is -0.123. The lowest BCUT2D eigenvalue weighted by Crippen LogP contribution is -2.30. The van der Waals surface area contributed by atoms with Crippen LogP contribution in [0.3, 0.4) is 0 Å². The zero-order valence-corrected chi connectivity index (χ0v) is 17.7. The number of nitrogens with one attached hydrogen (secondary N) is 1. The van der Waals surface area contributed by atoms with E-state index in [4.69, 9.17) is 32.7 Å². The van der Waals surface area contributed by atoms with Crippen LogP contribution in [0, 0.1) is 0 Å². The van der Waals surface area contributed by atoms with Crippen molar-refractivity contribution < 1.29 is 19.1 Å². The van der Waals surface area contributed by atoms with Gasteiger partial charge in [0.05, 0.1) is 29.8 Å². The molecule has 0 atom stereocenters. The number of hydrogen-bond donors (Lipinski definition) is 1. The van der Waals surface area contributed by atoms with E-state index in [1.807, 2.05) is 13.8 Å². The third kappa shape index (κ3) is 4.66. The Labute approximate surface area is 179 Å². The Hall–Kier alpha value is -2.70. The van der Waals surface area contributed by atoms with Gasteiger partial charge in [-0.3, -0.25) is 9.69 Å². The number of carbonyl (C=O) groups is 2. The molecule has 2 aromatic carbocycles. The maximum absolute atomic E-state index is 12.8. The summed E-state index contributed by atoms with van der Waals surface area (Å²) in [6.07, 6.45) is 1.48. The number of nitrogens with zero attached hydrogens (tertiary/aromatic N) is 1. The molecule has 8 heteroatoms. The first kappa shape index (κ1) is 21.0. The van der Waals surface area contributed by atoms with Crippen molar-refractivity contribution in [1.82, 2.24) is 10.2 Å². The van der Waals surface area contributed by atoms with Gasteiger partial charge in [0.25, 0.3) is 5.91 Å². The SMILES string of the molecule is COc1cccc(C=C2NC(=O)N(Cc3ccc(Cl)c(Cl)c3)C2=O)c1OC(C)C. The van der Waals surface area contributed by atoms with Crippen molar-refractivity contribution in [3.63, 3.8) is 0 Å². The summed E-state index contributed by atoms with van der Waals surface area (Å²) in [7, 11) is 1.54. The lowest BCUT2D eigenvalue weighted by atomic mass is 10.1. The number of para-hydroxylation sites is 1. The molecule has 1 saturated heterocycles. The molecule has 1 N–H and O–H groups in total. The number of amides is 3. The van der Waals surface area contributed by atoms with Crippen molar-refractivity contribution >= 4 is 41.2 Å². The monoisotopic (exact) mass is 434 g/mol. The molecule has 0 unspecified atom stereocenters. The molecule has 1 aliphatic heterocycles. The molecule has 0 bridgehead atoms. The van der Waals surface area contributed by atoms with Gasteiger partial charge in [0, 0.05) is 5.56 Å². The van der Waals surface area contributed by atoms with Crippen molar-refractivity contribution in [2.75, 3.05) is 7.11 Å². The molecule has 0 spiro atoms. The summed E-state index contributed by atoms with van der Waals surface area (Å²) in [5, 5.41) is 3.38. The minimum atomic E-state index is -0.512. The largest absolute Gasteiger partial charge is 0.493 e. The molecule has 29 heavy (non-hydrogen) atoms. The quantitative estimate of drug-likeness (QED) is 0.519. The highest BCUT2D eigenvalue weighted by molar-refractivity contribution is 6.42. The zero-order valence-electron chi connectivity index (χ0n) is 16.2. The highest BCUT2D eigenvalue weighted by Gasteiger charge is 2.34. The highest BCUT2D eigenvalue weighted by atomic mass is 35.5. The van der Waals surface area contributed by atoms with E-state index < -0.39 is 11.9 Å². The van der Waals surface area contributed by atoms with Crippen LogP contribution in [0.2, 0.25) is 10.0 Å². The van der Waals surface area contributed by atoms with Gasteiger partial charge in [-0.2, -0.15) is 0 Å². The topological polar surface area (TPSA) is 67.9 Å². The maximum atomic E-state index is 12.8. The van der Waals surface area contributed by atoms with Gasteiger partial charge >= 0.3 is 6.03 Å². The molecule has 0 saturated carbocycles. The Kier molecular flexibility index (Phi) is 6.35. The fourth-order valence-corrected chi connectivity index (χ4v) is 3.18. The van der Waals surface area contributed by atoms with Crippen LogP contribution in [0.15, 0.2) is 42.1 Å². The highest BCUT2D eigenvalue weighted by Crippen LogP contribution is 2.34. The second-order valence-electron chi connectivity index (χ2n) is 6.67. The number of urea groups is 1. The molecule has 0 radical (unpaired) electrons. The van der Waals surface area contributed by atoms with Crippen LogP contribution >= 0.6 is 23.2 Å². The molecular weight excluding hydrogens is 415 g/mol. The van der Waals surface area contributed by atoms with Gasteiger partial charge in [-0.25, -0.2) is 4.79 Å². The molecule has 3 rings (SSSR count). The molecular formula is C21H20Cl2N2O4. The Morgan fingerprint density at radius 2 is 1.90 bits per heavy atom. The van der Waals surface area contributed by atoms with Crippen molar-refractivity contribution in [3.8, 4) is 11.5 Å². The van der Waals surface area contributed by atoms with Crippen molar-refractivity contribution in [2.24, 2.45) is 0 Å². The Bertz CT molecular complexity index is 989. The predicted octanol–water partition coefficient (Wildman–Crippen LogP) is 4.88. The molecule has 0 aromatic heterocycles. The van der Waals surface area contributed by atoms with Crippen LogP contribution in [-0.2, 0) is 11.3 Å². The summed E-state index contributed by atoms with van der Waals surface area (Å²) in [5.41, 5.74) is 1.46. The minimum Gasteiger partial charge on any atom is -0.493 e. The second-order valence-corrected chi connectivity index (χ2v) is 7.49. The summed E-state index contributed by atoms with van der Waals surface area (Å²) in [6.45, 7) is 3.86. The molecule has 3 amide bonds. The molecule has 2 aromatic rings. The van der Waals surface area contributed by atoms with E-state index in [0.29, 0.717) is 32.7 Å². The lowest BCUT2D eigenvalue weighted by Gasteiger charge is -2.16. The van der Waals surface area contributed by atoms with Gasteiger partial charge in [-0.1, -0.05) is 41.4 Å². The van der Waals surface area contributed by atoms with Crippen LogP contribution in [0.1, 0.15) is 25.0 Å². The zero-order chi connectivity index (χ0) is 21.1. The molecule has 1 heterocycles. The minimum absolute atomic E-state index is 0.0758. The number of hydrogen-bond acceptors (Lipinski definition) is 4. The third-order valence-electron chi connectivity index (χ3n) is 4.17. The Morgan fingerprint density at radius 1 is 1.14 bits per heavy atom. The fraction of sp³-hybridized carbons (Fsp3) is 0.238. The molecule has 152 valence electrons. The summed E-state index contributed by atoms with van der Waals surface area (Å²) < 4.78 is 11.2. The van der Waals surface area contributed by atoms with E-state index in [2.05, 4.69) is 5.32 Å². The maximum Gasteiger partial charge on any atom is 0.329 e. The number of ether oxygens (including phenoxy) is 2. The van der Waals surface area contributed by atoms with Gasteiger partial charge in [-0.05, 0) is 43.7 Å². The van der Waals surface area contributed by atoms with Crippen LogP contribution < -0.4 is 14.8 Å². The van der Waals surface area contributed by atoms with E-state index in [1.54, 1.807) is 49.6 Å². The summed E-state index contributed by atoms with van der Waals surface area (Å²) in [5.74, 6) is 0.597. The fourth-order valence-electron chi connectivity index (χ4n) is 2.86. The van der Waals surface area contributed by atoms with Crippen molar-refractivity contribution in [1.29, 1.82) is 0 Å². The number of rotatable bonds is 6. The molecule has 0 aliphatic carbocycles. The summed E-state index contributed by atoms with van der Waals surface area (Å²) in [4.78, 5) is 26.3. The molecule has 6 nitrogen and oxygen atoms in total. The number of halogens is 2. The van der Waals surface area contributed by atoms with Gasteiger partial charge in [0.1, 0.15) is 5.70 Å². The van der Waals surface area contributed by atoms with Crippen LogP contribution in [-0.4, -0.2) is 30.1 Å². The van der Waals surface area contributed by atoms with E-state index >= 15 is 0 Å². The van der Waals surface area contributed by atoms with Crippen LogP contribution in [0.5, 0.6) is 11.5 Å². The first-order chi connectivity index (χ1) is 13.8. The standard InChI is InChI=1S/C21H20Cl2N2O4/c1-12(2)29-19-14(5-4-6-18(19)28-3)10-17-20(26)25(21(27)24-17)11-13-7-8-15(22)16(23)9-13/h4-10,12H,11H2,1-3H3,(H,24,27). The third-order valence-corrected chi connectivity index (χ3v) is 4.91. The smallest absolute Gasteiger partial charge is 0.329 e. The summed E-state index contributed by atoms with van der Waals surface area (Å²) in [6, 6.07) is 9.80. The van der Waals surface area contributed by atoms with Crippen LogP contribution in [0.4, 0.5) is 4.79 Å². The van der Waals surface area contributed by atoms with E-state index in [0.717, 1.165) is 4.90 Å². The van der Waals surface area contributed by atoms with Gasteiger partial charge in [-0.15, -0.1) is 0 Å². The molecule has 1 fully saturated rings. The summed E-state index contributed by atoms with van der Waals surface area (Å²) >= 11 is 11.9. The van der Waals surface area contributed by atoms with E-state index in [1.165, 1.54) is 0 Å². The molecule has 1 aliphatic rings. The van der Waals surface area contributed by atoms with Gasteiger partial charge in [0.2, 0.25) is 0 Å². The first-order valence-electron chi connectivity index (χ1n) is 8.92. The van der Waals surface area contributed by atoms with Gasteiger partial charge < -0.3 is 14.8 Å². The number of benzene rings is 2. The predicted molar refractivity (Wildman–Crippen MR) is 112 cm³/mol. The van der Waals surface area contributed by atoms with Gasteiger partial charge in [0.15, 0.2) is 11.5 Å². The average molecular weight is 435 g/mol. The Morgan fingerprint density at radius 3 is 2.55 bits per heavy atom. The van der Waals surface area contributed by atoms with Crippen molar-refractivity contribution in [2.45, 2.75) is 26.5 Å². The number of carbonyl (C=O) groups excluding carboxylic acids is 2. The van der Waals surface area contributed by atoms with E-state index in [9.17, 15) is 9.59 Å². The van der Waals surface area contributed by atoms with E-state index in [-0.39, 0.29) is 18.3 Å². The van der Waals surface area contributed by atoms with Crippen LogP contribution in [0.25, 0.3) is 6.08 Å². The average Bonchev–Trinajstić information content (AvgIpc) is 2.93.